The maximum Gasteiger partial charge on any atom is 0.329 e. The summed E-state index contributed by atoms with van der Waals surface area (Å²) in [6.07, 6.45) is 0.583. The standard InChI is InChI=1S/C24H26N6O5/c1-15-7-9-18(10-8-15)35-14-17(31)13-30-20-21(29(2)24(33)27-22(20)32)26-23(30)28-25-12-16-5-4-6-19(11-16)34-3/h4-12,17,31H,13-14H2,1-3H3,(H,26,28)(H,27,32,33). The Bertz CT molecular complexity index is 1470. The van der Waals surface area contributed by atoms with E-state index in [1.165, 1.54) is 16.2 Å². The molecule has 0 aliphatic rings. The summed E-state index contributed by atoms with van der Waals surface area (Å²) in [4.78, 5) is 31.3. The van der Waals surface area contributed by atoms with Crippen molar-refractivity contribution in [2.24, 2.45) is 12.1 Å². The zero-order chi connectivity index (χ0) is 24.9. The third-order valence-electron chi connectivity index (χ3n) is 5.34. The first-order valence-corrected chi connectivity index (χ1v) is 10.9. The van der Waals surface area contributed by atoms with Crippen LogP contribution in [-0.4, -0.2) is 50.2 Å². The van der Waals surface area contributed by atoms with Gasteiger partial charge in [0, 0.05) is 7.05 Å². The van der Waals surface area contributed by atoms with Gasteiger partial charge in [-0.15, -0.1) is 0 Å². The number of aliphatic hydroxyl groups is 1. The van der Waals surface area contributed by atoms with Gasteiger partial charge in [0.1, 0.15) is 24.2 Å². The molecule has 0 spiro atoms. The summed E-state index contributed by atoms with van der Waals surface area (Å²) in [6.45, 7) is 1.93. The second-order valence-electron chi connectivity index (χ2n) is 7.96. The maximum atomic E-state index is 12.6. The number of nitrogens with one attached hydrogen (secondary N) is 2. The fourth-order valence-electron chi connectivity index (χ4n) is 3.47. The van der Waals surface area contributed by atoms with Crippen LogP contribution in [0.1, 0.15) is 11.1 Å². The summed E-state index contributed by atoms with van der Waals surface area (Å²) in [7, 11) is 3.07. The van der Waals surface area contributed by atoms with E-state index in [0.29, 0.717) is 11.5 Å². The van der Waals surface area contributed by atoms with Crippen LogP contribution in [0.4, 0.5) is 5.95 Å². The molecule has 1 unspecified atom stereocenters. The molecule has 4 rings (SSSR count). The molecule has 1 atom stereocenters. The van der Waals surface area contributed by atoms with Crippen LogP contribution in [0.25, 0.3) is 11.2 Å². The van der Waals surface area contributed by atoms with Crippen molar-refractivity contribution in [3.63, 3.8) is 0 Å². The molecule has 11 nitrogen and oxygen atoms in total. The minimum absolute atomic E-state index is 0.0150. The number of hydrogen-bond donors (Lipinski definition) is 3. The Morgan fingerprint density at radius 3 is 2.71 bits per heavy atom. The van der Waals surface area contributed by atoms with Gasteiger partial charge in [-0.3, -0.25) is 14.3 Å². The Morgan fingerprint density at radius 2 is 1.97 bits per heavy atom. The number of rotatable bonds is 9. The summed E-state index contributed by atoms with van der Waals surface area (Å²) in [6, 6.07) is 14.7. The molecule has 2 heterocycles. The van der Waals surface area contributed by atoms with Crippen LogP contribution in [0.2, 0.25) is 0 Å². The van der Waals surface area contributed by atoms with E-state index in [9.17, 15) is 14.7 Å². The van der Waals surface area contributed by atoms with E-state index in [2.05, 4.69) is 20.5 Å². The number of imidazole rings is 1. The zero-order valence-corrected chi connectivity index (χ0v) is 19.6. The Hall–Kier alpha value is -4.38. The molecule has 0 aliphatic carbocycles. The number of fused-ring (bicyclic) bond motifs is 1. The highest BCUT2D eigenvalue weighted by molar-refractivity contribution is 5.81. The minimum Gasteiger partial charge on any atom is -0.497 e. The van der Waals surface area contributed by atoms with E-state index in [1.807, 2.05) is 49.4 Å². The van der Waals surface area contributed by atoms with Gasteiger partial charge < -0.3 is 19.1 Å². The van der Waals surface area contributed by atoms with Gasteiger partial charge in [0.2, 0.25) is 5.95 Å². The van der Waals surface area contributed by atoms with Crippen LogP contribution in [0, 0.1) is 6.92 Å². The molecule has 2 aromatic heterocycles. The van der Waals surface area contributed by atoms with Crippen molar-refractivity contribution in [2.45, 2.75) is 19.6 Å². The van der Waals surface area contributed by atoms with Gasteiger partial charge in [-0.2, -0.15) is 10.1 Å². The molecule has 182 valence electrons. The second kappa shape index (κ2) is 10.3. The predicted molar refractivity (Wildman–Crippen MR) is 132 cm³/mol. The lowest BCUT2D eigenvalue weighted by Crippen LogP contribution is -2.30. The van der Waals surface area contributed by atoms with Crippen LogP contribution in [0.15, 0.2) is 63.2 Å². The first kappa shape index (κ1) is 23.8. The smallest absolute Gasteiger partial charge is 0.329 e. The molecule has 0 saturated carbocycles. The van der Waals surface area contributed by atoms with Crippen molar-refractivity contribution < 1.29 is 14.6 Å². The summed E-state index contributed by atoms with van der Waals surface area (Å²) < 4.78 is 13.6. The zero-order valence-electron chi connectivity index (χ0n) is 19.6. The van der Waals surface area contributed by atoms with E-state index in [1.54, 1.807) is 19.4 Å². The highest BCUT2D eigenvalue weighted by Gasteiger charge is 2.20. The van der Waals surface area contributed by atoms with Crippen molar-refractivity contribution in [3.8, 4) is 11.5 Å². The van der Waals surface area contributed by atoms with Crippen molar-refractivity contribution >= 4 is 23.3 Å². The molecular formula is C24H26N6O5. The van der Waals surface area contributed by atoms with Crippen molar-refractivity contribution in [1.29, 1.82) is 0 Å². The molecule has 2 aromatic carbocycles. The average Bonchev–Trinajstić information content (AvgIpc) is 3.21. The predicted octanol–water partition coefficient (Wildman–Crippen LogP) is 1.63. The van der Waals surface area contributed by atoms with E-state index in [4.69, 9.17) is 9.47 Å². The Balaban J connectivity index is 1.60. The summed E-state index contributed by atoms with van der Waals surface area (Å²) in [5.41, 5.74) is 3.75. The Morgan fingerprint density at radius 1 is 1.20 bits per heavy atom. The van der Waals surface area contributed by atoms with Gasteiger partial charge in [0.15, 0.2) is 11.2 Å². The van der Waals surface area contributed by atoms with Gasteiger partial charge in [0.25, 0.3) is 5.56 Å². The summed E-state index contributed by atoms with van der Waals surface area (Å²) >= 11 is 0. The first-order valence-electron chi connectivity index (χ1n) is 10.9. The molecule has 35 heavy (non-hydrogen) atoms. The topological polar surface area (TPSA) is 136 Å². The number of aromatic amines is 1. The normalized spacial score (nSPS) is 12.2. The number of methoxy groups -OCH3 is 1. The van der Waals surface area contributed by atoms with Crippen LogP contribution >= 0.6 is 0 Å². The first-order chi connectivity index (χ1) is 16.9. The number of hydrogen-bond acceptors (Lipinski definition) is 8. The van der Waals surface area contributed by atoms with Crippen LogP contribution in [0.3, 0.4) is 0 Å². The van der Waals surface area contributed by atoms with Gasteiger partial charge >= 0.3 is 5.69 Å². The Labute approximate surface area is 200 Å². The number of aliphatic hydroxyl groups excluding tert-OH is 1. The third kappa shape index (κ3) is 5.41. The number of aromatic nitrogens is 4. The largest absolute Gasteiger partial charge is 0.497 e. The van der Waals surface area contributed by atoms with E-state index < -0.39 is 17.4 Å². The van der Waals surface area contributed by atoms with E-state index in [-0.39, 0.29) is 30.3 Å². The van der Waals surface area contributed by atoms with E-state index in [0.717, 1.165) is 11.1 Å². The van der Waals surface area contributed by atoms with Gasteiger partial charge in [-0.1, -0.05) is 29.8 Å². The van der Waals surface area contributed by atoms with Crippen molar-refractivity contribution in [2.75, 3.05) is 19.1 Å². The van der Waals surface area contributed by atoms with Crippen molar-refractivity contribution in [1.82, 2.24) is 19.1 Å². The van der Waals surface area contributed by atoms with Crippen molar-refractivity contribution in [3.05, 3.63) is 80.5 Å². The SMILES string of the molecule is COc1cccc(C=NNc2nc3c(c(=O)[nH]c(=O)n3C)n2CC(O)COc2ccc(C)cc2)c1. The number of nitrogens with zero attached hydrogens (tertiary/aromatic N) is 4. The second-order valence-corrected chi connectivity index (χ2v) is 7.96. The third-order valence-corrected chi connectivity index (χ3v) is 5.34. The molecule has 0 radical (unpaired) electrons. The van der Waals surface area contributed by atoms with Gasteiger partial charge in [-0.25, -0.2) is 10.2 Å². The molecule has 11 heteroatoms. The molecule has 3 N–H and O–H groups in total. The van der Waals surface area contributed by atoms with Crippen LogP contribution in [-0.2, 0) is 13.6 Å². The summed E-state index contributed by atoms with van der Waals surface area (Å²) in [5.74, 6) is 1.48. The lowest BCUT2D eigenvalue weighted by atomic mass is 10.2. The monoisotopic (exact) mass is 478 g/mol. The fourth-order valence-corrected chi connectivity index (χ4v) is 3.47. The molecule has 4 aromatic rings. The van der Waals surface area contributed by atoms with Gasteiger partial charge in [0.05, 0.1) is 19.9 Å². The Kier molecular flexibility index (Phi) is 6.97. The number of H-pyrrole nitrogens is 1. The minimum atomic E-state index is -0.978. The number of ether oxygens (including phenoxy) is 2. The molecule has 0 amide bonds. The highest BCUT2D eigenvalue weighted by atomic mass is 16.5. The lowest BCUT2D eigenvalue weighted by Gasteiger charge is -2.15. The quantitative estimate of drug-likeness (QED) is 0.246. The summed E-state index contributed by atoms with van der Waals surface area (Å²) in [5, 5.41) is 14.9. The van der Waals surface area contributed by atoms with Crippen LogP contribution in [0.5, 0.6) is 11.5 Å². The number of aryl methyl sites for hydroxylation is 2. The molecule has 0 bridgehead atoms. The molecule has 0 aliphatic heterocycles. The fraction of sp³-hybridized carbons (Fsp3) is 0.250. The number of benzene rings is 2. The van der Waals surface area contributed by atoms with Crippen LogP contribution < -0.4 is 26.1 Å². The average molecular weight is 479 g/mol. The molecular weight excluding hydrogens is 452 g/mol. The van der Waals surface area contributed by atoms with Gasteiger partial charge in [-0.05, 0) is 36.8 Å². The highest BCUT2D eigenvalue weighted by Crippen LogP contribution is 2.18. The number of hydrazone groups is 1. The maximum absolute atomic E-state index is 12.6. The van der Waals surface area contributed by atoms with E-state index >= 15 is 0 Å². The number of anilines is 1. The molecule has 0 fully saturated rings. The lowest BCUT2D eigenvalue weighted by molar-refractivity contribution is 0.0938. The molecule has 0 saturated heterocycles.